The Morgan fingerprint density at radius 1 is 1.32 bits per heavy atom. The van der Waals surface area contributed by atoms with Crippen molar-refractivity contribution in [1.29, 1.82) is 0 Å². The van der Waals surface area contributed by atoms with E-state index in [0.29, 0.717) is 28.0 Å². The summed E-state index contributed by atoms with van der Waals surface area (Å²) in [5.74, 6) is 0.380. The predicted molar refractivity (Wildman–Crippen MR) is 72.3 cm³/mol. The molecule has 1 aromatic carbocycles. The maximum Gasteiger partial charge on any atom is 0.265 e. The largest absolute Gasteiger partial charge is 0.306 e. The minimum absolute atomic E-state index is 0.0566. The lowest BCUT2D eigenvalue weighted by atomic mass is 10.1. The van der Waals surface area contributed by atoms with E-state index in [1.54, 1.807) is 0 Å². The fraction of sp³-hybridized carbons (Fsp3) is 0.231. The Hall–Kier alpha value is -1.56. The van der Waals surface area contributed by atoms with E-state index in [1.165, 1.54) is 24.3 Å². The van der Waals surface area contributed by atoms with Crippen molar-refractivity contribution in [3.63, 3.8) is 0 Å². The number of aryl methyl sites for hydroxylation is 1. The van der Waals surface area contributed by atoms with Crippen molar-refractivity contribution in [2.75, 3.05) is 0 Å². The van der Waals surface area contributed by atoms with Gasteiger partial charge in [0.25, 0.3) is 12.0 Å². The summed E-state index contributed by atoms with van der Waals surface area (Å²) in [7, 11) is 0. The van der Waals surface area contributed by atoms with Gasteiger partial charge < -0.3 is 4.98 Å². The van der Waals surface area contributed by atoms with Gasteiger partial charge in [0, 0.05) is 11.1 Å². The summed E-state index contributed by atoms with van der Waals surface area (Å²) in [5.41, 5.74) is 0.902. The molecule has 0 atom stereocenters. The lowest BCUT2D eigenvalue weighted by molar-refractivity contribution is 0.151. The van der Waals surface area contributed by atoms with E-state index < -0.39 is 6.43 Å². The highest BCUT2D eigenvalue weighted by molar-refractivity contribution is 9.10. The molecule has 0 fully saturated rings. The molecule has 0 saturated heterocycles. The molecule has 1 heterocycles. The van der Waals surface area contributed by atoms with Crippen molar-refractivity contribution >= 4 is 15.9 Å². The van der Waals surface area contributed by atoms with Crippen LogP contribution in [0, 0.1) is 0 Å². The second-order valence-electron chi connectivity index (χ2n) is 3.95. The van der Waals surface area contributed by atoms with Crippen LogP contribution in [0.4, 0.5) is 8.78 Å². The number of hydrogen-bond acceptors (Lipinski definition) is 2. The van der Waals surface area contributed by atoms with Gasteiger partial charge in [0.2, 0.25) is 0 Å². The van der Waals surface area contributed by atoms with Gasteiger partial charge in [-0.3, -0.25) is 4.79 Å². The Kier molecular flexibility index (Phi) is 4.09. The van der Waals surface area contributed by atoms with Crippen LogP contribution in [-0.4, -0.2) is 9.97 Å². The molecule has 2 aromatic rings. The maximum absolute atomic E-state index is 12.5. The van der Waals surface area contributed by atoms with Gasteiger partial charge in [-0.2, -0.15) is 0 Å². The van der Waals surface area contributed by atoms with Gasteiger partial charge in [-0.15, -0.1) is 0 Å². The molecular weight excluding hydrogens is 318 g/mol. The SMILES string of the molecule is CCc1nc(-c2ccc(C(F)F)cc2)[nH]c(=O)c1Br. The summed E-state index contributed by atoms with van der Waals surface area (Å²) in [6, 6.07) is 5.70. The minimum Gasteiger partial charge on any atom is -0.306 e. The maximum atomic E-state index is 12.5. The fourth-order valence-electron chi connectivity index (χ4n) is 1.66. The number of hydrogen-bond donors (Lipinski definition) is 1. The highest BCUT2D eigenvalue weighted by Gasteiger charge is 2.10. The lowest BCUT2D eigenvalue weighted by Gasteiger charge is -2.06. The molecule has 0 unspecified atom stereocenters. The Morgan fingerprint density at radius 3 is 2.47 bits per heavy atom. The van der Waals surface area contributed by atoms with Crippen molar-refractivity contribution in [1.82, 2.24) is 9.97 Å². The Balaban J connectivity index is 2.47. The molecule has 0 radical (unpaired) electrons. The third kappa shape index (κ3) is 2.89. The number of alkyl halides is 2. The molecule has 0 aliphatic heterocycles. The van der Waals surface area contributed by atoms with Crippen LogP contribution in [0.25, 0.3) is 11.4 Å². The van der Waals surface area contributed by atoms with Crippen LogP contribution in [0.2, 0.25) is 0 Å². The number of nitrogens with zero attached hydrogens (tertiary/aromatic N) is 1. The minimum atomic E-state index is -2.50. The zero-order valence-corrected chi connectivity index (χ0v) is 11.7. The van der Waals surface area contributed by atoms with Crippen LogP contribution in [0.15, 0.2) is 33.5 Å². The molecule has 1 N–H and O–H groups in total. The average molecular weight is 329 g/mol. The Morgan fingerprint density at radius 2 is 1.95 bits per heavy atom. The average Bonchev–Trinajstić information content (AvgIpc) is 2.41. The summed E-state index contributed by atoms with van der Waals surface area (Å²) in [5, 5.41) is 0. The summed E-state index contributed by atoms with van der Waals surface area (Å²) in [6.45, 7) is 1.89. The first kappa shape index (κ1) is 13.9. The highest BCUT2D eigenvalue weighted by Crippen LogP contribution is 2.22. The first-order valence-corrected chi connectivity index (χ1v) is 6.49. The topological polar surface area (TPSA) is 45.8 Å². The third-order valence-electron chi connectivity index (χ3n) is 2.70. The quantitative estimate of drug-likeness (QED) is 0.933. The summed E-state index contributed by atoms with van der Waals surface area (Å²) in [4.78, 5) is 18.6. The van der Waals surface area contributed by atoms with Gasteiger partial charge in [-0.05, 0) is 22.4 Å². The van der Waals surface area contributed by atoms with E-state index in [0.717, 1.165) is 0 Å². The van der Waals surface area contributed by atoms with Gasteiger partial charge >= 0.3 is 0 Å². The number of rotatable bonds is 3. The third-order valence-corrected chi connectivity index (χ3v) is 3.52. The molecular formula is C13H11BrF2N2O. The Bertz CT molecular complexity index is 638. The van der Waals surface area contributed by atoms with E-state index in [1.807, 2.05) is 6.92 Å². The van der Waals surface area contributed by atoms with Crippen molar-refractivity contribution < 1.29 is 8.78 Å². The first-order chi connectivity index (χ1) is 9.02. The second kappa shape index (κ2) is 5.61. The van der Waals surface area contributed by atoms with Crippen molar-refractivity contribution in [2.45, 2.75) is 19.8 Å². The molecule has 0 aliphatic carbocycles. The molecule has 19 heavy (non-hydrogen) atoms. The molecule has 0 aliphatic rings. The molecule has 0 saturated carbocycles. The highest BCUT2D eigenvalue weighted by atomic mass is 79.9. The van der Waals surface area contributed by atoms with Gasteiger partial charge in [-0.25, -0.2) is 13.8 Å². The van der Waals surface area contributed by atoms with E-state index >= 15 is 0 Å². The molecule has 0 amide bonds. The number of aromatic nitrogens is 2. The summed E-state index contributed by atoms with van der Waals surface area (Å²) in [6.07, 6.45) is -1.90. The van der Waals surface area contributed by atoms with E-state index in [-0.39, 0.29) is 11.1 Å². The van der Waals surface area contributed by atoms with Crippen LogP contribution in [-0.2, 0) is 6.42 Å². The smallest absolute Gasteiger partial charge is 0.265 e. The standard InChI is InChI=1S/C13H11BrF2N2O/c1-2-9-10(14)13(19)18-12(17-9)8-5-3-7(4-6-8)11(15)16/h3-6,11H,2H2,1H3,(H,17,18,19). The van der Waals surface area contributed by atoms with Crippen LogP contribution < -0.4 is 5.56 Å². The zero-order chi connectivity index (χ0) is 14.0. The lowest BCUT2D eigenvalue weighted by Crippen LogP contribution is -2.13. The monoisotopic (exact) mass is 328 g/mol. The van der Waals surface area contributed by atoms with Crippen LogP contribution in [0.1, 0.15) is 24.6 Å². The zero-order valence-electron chi connectivity index (χ0n) is 10.1. The van der Waals surface area contributed by atoms with Crippen LogP contribution in [0.5, 0.6) is 0 Å². The Labute approximate surface area is 116 Å². The van der Waals surface area contributed by atoms with E-state index in [9.17, 15) is 13.6 Å². The number of H-pyrrole nitrogens is 1. The molecule has 3 nitrogen and oxygen atoms in total. The second-order valence-corrected chi connectivity index (χ2v) is 4.74. The molecule has 0 spiro atoms. The number of nitrogens with one attached hydrogen (secondary N) is 1. The molecule has 0 bridgehead atoms. The van der Waals surface area contributed by atoms with Gasteiger partial charge in [0.1, 0.15) is 10.3 Å². The number of halogens is 3. The molecule has 6 heteroatoms. The van der Waals surface area contributed by atoms with Gasteiger partial charge in [-0.1, -0.05) is 31.2 Å². The van der Waals surface area contributed by atoms with Crippen molar-refractivity contribution in [3.05, 3.63) is 50.3 Å². The molecule has 100 valence electrons. The normalized spacial score (nSPS) is 11.0. The van der Waals surface area contributed by atoms with Crippen LogP contribution >= 0.6 is 15.9 Å². The van der Waals surface area contributed by atoms with E-state index in [2.05, 4.69) is 25.9 Å². The van der Waals surface area contributed by atoms with Gasteiger partial charge in [0.15, 0.2) is 0 Å². The number of benzene rings is 1. The van der Waals surface area contributed by atoms with Crippen molar-refractivity contribution in [2.24, 2.45) is 0 Å². The van der Waals surface area contributed by atoms with Crippen molar-refractivity contribution in [3.8, 4) is 11.4 Å². The molecule has 1 aromatic heterocycles. The van der Waals surface area contributed by atoms with E-state index in [4.69, 9.17) is 0 Å². The molecule has 2 rings (SSSR count). The summed E-state index contributed by atoms with van der Waals surface area (Å²) >= 11 is 3.17. The van der Waals surface area contributed by atoms with Gasteiger partial charge in [0.05, 0.1) is 5.69 Å². The number of aromatic amines is 1. The fourth-order valence-corrected chi connectivity index (χ4v) is 2.13. The predicted octanol–water partition coefficient (Wildman–Crippen LogP) is 3.70. The first-order valence-electron chi connectivity index (χ1n) is 5.70. The van der Waals surface area contributed by atoms with Crippen LogP contribution in [0.3, 0.4) is 0 Å². The summed E-state index contributed by atoms with van der Waals surface area (Å²) < 4.78 is 25.3.